The molecule has 0 unspecified atom stereocenters. The van der Waals surface area contributed by atoms with E-state index in [2.05, 4.69) is 12.1 Å². The molecule has 0 saturated heterocycles. The largest absolute Gasteiger partial charge is 0.298 e. The van der Waals surface area contributed by atoms with E-state index in [1.165, 1.54) is 37.7 Å². The fraction of sp³-hybridized carbons (Fsp3) is 0.357. The lowest BCUT2D eigenvalue weighted by Gasteiger charge is -2.13. The SMILES string of the molecule is O=Cc1cccc(C=C2CCCCC2)c1. The first-order chi connectivity index (χ1) is 7.38. The molecule has 1 nitrogen and oxygen atoms in total. The molecule has 1 aliphatic rings. The van der Waals surface area contributed by atoms with E-state index in [0.717, 1.165) is 17.4 Å². The second kappa shape index (κ2) is 4.92. The minimum absolute atomic E-state index is 0.764. The Labute approximate surface area is 90.8 Å². The molecule has 1 fully saturated rings. The highest BCUT2D eigenvalue weighted by Gasteiger charge is 2.04. The van der Waals surface area contributed by atoms with Crippen LogP contribution in [-0.2, 0) is 0 Å². The van der Waals surface area contributed by atoms with E-state index < -0.39 is 0 Å². The summed E-state index contributed by atoms with van der Waals surface area (Å²) in [6.07, 6.45) is 9.61. The minimum Gasteiger partial charge on any atom is -0.298 e. The van der Waals surface area contributed by atoms with Gasteiger partial charge in [0.25, 0.3) is 0 Å². The van der Waals surface area contributed by atoms with Crippen LogP contribution in [0.2, 0.25) is 0 Å². The zero-order valence-corrected chi connectivity index (χ0v) is 8.91. The highest BCUT2D eigenvalue weighted by Crippen LogP contribution is 2.24. The fourth-order valence-corrected chi connectivity index (χ4v) is 2.11. The Morgan fingerprint density at radius 1 is 1.00 bits per heavy atom. The molecule has 1 aliphatic carbocycles. The van der Waals surface area contributed by atoms with Crippen molar-refractivity contribution < 1.29 is 4.79 Å². The Hall–Kier alpha value is -1.37. The molecule has 1 aromatic carbocycles. The predicted molar refractivity (Wildman–Crippen MR) is 62.9 cm³/mol. The molecular formula is C14H16O. The lowest BCUT2D eigenvalue weighted by Crippen LogP contribution is -1.93. The second-order valence-corrected chi connectivity index (χ2v) is 4.15. The molecule has 0 bridgehead atoms. The Kier molecular flexibility index (Phi) is 3.33. The molecule has 0 amide bonds. The molecule has 1 heteroatoms. The predicted octanol–water partition coefficient (Wildman–Crippen LogP) is 3.85. The summed E-state index contributed by atoms with van der Waals surface area (Å²) < 4.78 is 0. The van der Waals surface area contributed by atoms with Gasteiger partial charge in [0.15, 0.2) is 0 Å². The van der Waals surface area contributed by atoms with E-state index >= 15 is 0 Å². The molecule has 0 N–H and O–H groups in total. The van der Waals surface area contributed by atoms with E-state index in [0.29, 0.717) is 0 Å². The van der Waals surface area contributed by atoms with Crippen molar-refractivity contribution in [3.63, 3.8) is 0 Å². The molecule has 0 aromatic heterocycles. The third-order valence-corrected chi connectivity index (χ3v) is 2.91. The highest BCUT2D eigenvalue weighted by atomic mass is 16.1. The van der Waals surface area contributed by atoms with Gasteiger partial charge in [-0.05, 0) is 37.3 Å². The Balaban J connectivity index is 2.17. The monoisotopic (exact) mass is 200 g/mol. The number of aldehydes is 1. The smallest absolute Gasteiger partial charge is 0.150 e. The third-order valence-electron chi connectivity index (χ3n) is 2.91. The van der Waals surface area contributed by atoms with Crippen molar-refractivity contribution in [3.05, 3.63) is 41.0 Å². The van der Waals surface area contributed by atoms with E-state index in [1.807, 2.05) is 18.2 Å². The Morgan fingerprint density at radius 2 is 1.73 bits per heavy atom. The van der Waals surface area contributed by atoms with Gasteiger partial charge in [-0.25, -0.2) is 0 Å². The van der Waals surface area contributed by atoms with Gasteiger partial charge in [-0.15, -0.1) is 0 Å². The van der Waals surface area contributed by atoms with Gasteiger partial charge in [0.2, 0.25) is 0 Å². The fourth-order valence-electron chi connectivity index (χ4n) is 2.11. The van der Waals surface area contributed by atoms with Crippen LogP contribution in [-0.4, -0.2) is 6.29 Å². The molecule has 0 spiro atoms. The number of allylic oxidation sites excluding steroid dienone is 1. The van der Waals surface area contributed by atoms with E-state index in [-0.39, 0.29) is 0 Å². The van der Waals surface area contributed by atoms with Crippen molar-refractivity contribution in [2.45, 2.75) is 32.1 Å². The van der Waals surface area contributed by atoms with E-state index in [1.54, 1.807) is 0 Å². The maximum atomic E-state index is 10.6. The zero-order chi connectivity index (χ0) is 10.5. The molecule has 78 valence electrons. The quantitative estimate of drug-likeness (QED) is 0.663. The molecule has 1 aromatic rings. The van der Waals surface area contributed by atoms with Crippen molar-refractivity contribution in [2.75, 3.05) is 0 Å². The maximum Gasteiger partial charge on any atom is 0.150 e. The lowest BCUT2D eigenvalue weighted by molar-refractivity contribution is 0.112. The third kappa shape index (κ3) is 2.79. The summed E-state index contributed by atoms with van der Waals surface area (Å²) in [7, 11) is 0. The second-order valence-electron chi connectivity index (χ2n) is 4.15. The lowest BCUT2D eigenvalue weighted by atomic mass is 9.93. The topological polar surface area (TPSA) is 17.1 Å². The van der Waals surface area contributed by atoms with Gasteiger partial charge in [-0.1, -0.05) is 36.3 Å². The number of rotatable bonds is 2. The van der Waals surface area contributed by atoms with Crippen LogP contribution in [0.4, 0.5) is 0 Å². The van der Waals surface area contributed by atoms with Gasteiger partial charge in [0.05, 0.1) is 0 Å². The molecule has 0 radical (unpaired) electrons. The van der Waals surface area contributed by atoms with Crippen LogP contribution in [0, 0.1) is 0 Å². The van der Waals surface area contributed by atoms with Crippen LogP contribution < -0.4 is 0 Å². The summed E-state index contributed by atoms with van der Waals surface area (Å²) in [4.78, 5) is 10.6. The normalized spacial score (nSPS) is 16.1. The van der Waals surface area contributed by atoms with Crippen molar-refractivity contribution in [2.24, 2.45) is 0 Å². The van der Waals surface area contributed by atoms with Gasteiger partial charge in [-0.2, -0.15) is 0 Å². The summed E-state index contributed by atoms with van der Waals surface area (Å²) in [5.41, 5.74) is 3.46. The van der Waals surface area contributed by atoms with Crippen molar-refractivity contribution >= 4 is 12.4 Å². The first-order valence-electron chi connectivity index (χ1n) is 5.63. The average molecular weight is 200 g/mol. The Bertz CT molecular complexity index is 369. The molecular weight excluding hydrogens is 184 g/mol. The van der Waals surface area contributed by atoms with E-state index in [4.69, 9.17) is 0 Å². The standard InChI is InChI=1S/C14H16O/c15-11-14-8-4-7-13(10-14)9-12-5-2-1-3-6-12/h4,7-11H,1-3,5-6H2. The summed E-state index contributed by atoms with van der Waals surface area (Å²) >= 11 is 0. The summed E-state index contributed by atoms with van der Waals surface area (Å²) in [5, 5.41) is 0. The van der Waals surface area contributed by atoms with Crippen LogP contribution in [0.1, 0.15) is 48.0 Å². The van der Waals surface area contributed by atoms with Gasteiger partial charge in [-0.3, -0.25) is 4.79 Å². The van der Waals surface area contributed by atoms with E-state index in [9.17, 15) is 4.79 Å². The van der Waals surface area contributed by atoms with Crippen LogP contribution in [0.25, 0.3) is 6.08 Å². The minimum atomic E-state index is 0.764. The van der Waals surface area contributed by atoms with Crippen molar-refractivity contribution in [1.82, 2.24) is 0 Å². The number of hydrogen-bond donors (Lipinski definition) is 0. The van der Waals surface area contributed by atoms with Crippen LogP contribution >= 0.6 is 0 Å². The number of benzene rings is 1. The first kappa shape index (κ1) is 10.2. The van der Waals surface area contributed by atoms with Gasteiger partial charge in [0.1, 0.15) is 6.29 Å². The molecule has 1 saturated carbocycles. The molecule has 2 rings (SSSR count). The highest BCUT2D eigenvalue weighted by molar-refractivity contribution is 5.76. The maximum absolute atomic E-state index is 10.6. The van der Waals surface area contributed by atoms with Gasteiger partial charge < -0.3 is 0 Å². The number of carbonyl (C=O) groups is 1. The molecule has 15 heavy (non-hydrogen) atoms. The van der Waals surface area contributed by atoms with Crippen molar-refractivity contribution in [3.8, 4) is 0 Å². The molecule has 0 heterocycles. The van der Waals surface area contributed by atoms with Gasteiger partial charge >= 0.3 is 0 Å². The Morgan fingerprint density at radius 3 is 2.47 bits per heavy atom. The average Bonchev–Trinajstić information content (AvgIpc) is 2.31. The first-order valence-corrected chi connectivity index (χ1v) is 5.63. The van der Waals surface area contributed by atoms with Gasteiger partial charge in [0, 0.05) is 5.56 Å². The summed E-state index contributed by atoms with van der Waals surface area (Å²) in [6.45, 7) is 0. The van der Waals surface area contributed by atoms with Crippen LogP contribution in [0.5, 0.6) is 0 Å². The molecule has 0 atom stereocenters. The van der Waals surface area contributed by atoms with Crippen LogP contribution in [0.15, 0.2) is 29.8 Å². The number of carbonyl (C=O) groups excluding carboxylic acids is 1. The number of hydrogen-bond acceptors (Lipinski definition) is 1. The summed E-state index contributed by atoms with van der Waals surface area (Å²) in [6, 6.07) is 7.80. The van der Waals surface area contributed by atoms with Crippen LogP contribution in [0.3, 0.4) is 0 Å². The van der Waals surface area contributed by atoms with Crippen molar-refractivity contribution in [1.29, 1.82) is 0 Å². The molecule has 0 aliphatic heterocycles. The summed E-state index contributed by atoms with van der Waals surface area (Å²) in [5.74, 6) is 0. The zero-order valence-electron chi connectivity index (χ0n) is 8.91.